The second-order valence-corrected chi connectivity index (χ2v) is 11.5. The van der Waals surface area contributed by atoms with Gasteiger partial charge in [0.15, 0.2) is 17.1 Å². The number of carbonyl (C=O) groups excluding carboxylic acids is 5. The van der Waals surface area contributed by atoms with Crippen molar-refractivity contribution in [2.75, 3.05) is 29.4 Å². The van der Waals surface area contributed by atoms with Gasteiger partial charge >= 0.3 is 6.03 Å². The highest BCUT2D eigenvalue weighted by Crippen LogP contribution is 2.50. The van der Waals surface area contributed by atoms with Crippen molar-refractivity contribution in [3.8, 4) is 0 Å². The van der Waals surface area contributed by atoms with Crippen LogP contribution in [0.4, 0.5) is 25.5 Å². The monoisotopic (exact) mass is 560 g/mol. The molecule has 4 aliphatic rings. The van der Waals surface area contributed by atoms with E-state index in [1.165, 1.54) is 11.8 Å². The van der Waals surface area contributed by atoms with Crippen LogP contribution in [0.1, 0.15) is 26.3 Å². The zero-order valence-corrected chi connectivity index (χ0v) is 22.0. The van der Waals surface area contributed by atoms with Crippen LogP contribution in [0.2, 0.25) is 0 Å². The maximum absolute atomic E-state index is 16.2. The summed E-state index contributed by atoms with van der Waals surface area (Å²) in [6.45, 7) is 5.53. The van der Waals surface area contributed by atoms with Crippen LogP contribution in [0.3, 0.4) is 0 Å². The van der Waals surface area contributed by atoms with Crippen LogP contribution in [0.15, 0.2) is 10.6 Å². The first-order valence-electron chi connectivity index (χ1n) is 12.4. The number of amides is 6. The lowest BCUT2D eigenvalue weighted by Crippen LogP contribution is -2.75. The van der Waals surface area contributed by atoms with Gasteiger partial charge in [0.05, 0.1) is 29.3 Å². The predicted molar refractivity (Wildman–Crippen MR) is 136 cm³/mol. The number of benzene rings is 1. The van der Waals surface area contributed by atoms with Gasteiger partial charge in [-0.3, -0.25) is 34.7 Å². The van der Waals surface area contributed by atoms with Crippen molar-refractivity contribution >= 4 is 63.2 Å². The van der Waals surface area contributed by atoms with Crippen LogP contribution in [0.25, 0.3) is 11.0 Å². The van der Waals surface area contributed by atoms with E-state index in [1.807, 2.05) is 0 Å². The Morgan fingerprint density at radius 2 is 1.95 bits per heavy atom. The van der Waals surface area contributed by atoms with Crippen LogP contribution < -0.4 is 25.8 Å². The van der Waals surface area contributed by atoms with Gasteiger partial charge in [-0.1, -0.05) is 16.9 Å². The van der Waals surface area contributed by atoms with Gasteiger partial charge in [-0.15, -0.1) is 0 Å². The minimum atomic E-state index is -1.78. The van der Waals surface area contributed by atoms with Gasteiger partial charge in [0.25, 0.3) is 5.24 Å². The van der Waals surface area contributed by atoms with E-state index in [-0.39, 0.29) is 71.0 Å². The fourth-order valence-electron chi connectivity index (χ4n) is 6.19. The maximum Gasteiger partial charge on any atom is 0.328 e. The number of aromatic nitrogens is 1. The molecule has 4 aliphatic heterocycles. The molecule has 1 aromatic carbocycles. The summed E-state index contributed by atoms with van der Waals surface area (Å²) in [7, 11) is 0. The molecule has 0 radical (unpaired) electrons. The SMILES string of the molecule is CC(=O)NC[C@H]1CN(c2noc3c(F)c4c(cc23)CC2(C(=O)NC(=O)NC2=O)C2[C@H](C)O[C@H](C)CN42)C(=O)S1. The first-order chi connectivity index (χ1) is 18.5. The Morgan fingerprint density at radius 3 is 2.64 bits per heavy atom. The Morgan fingerprint density at radius 1 is 1.23 bits per heavy atom. The van der Waals surface area contributed by atoms with E-state index in [9.17, 15) is 24.0 Å². The number of anilines is 2. The Hall–Kier alpha value is -3.72. The van der Waals surface area contributed by atoms with E-state index in [1.54, 1.807) is 24.8 Å². The van der Waals surface area contributed by atoms with Gasteiger partial charge in [-0.05, 0) is 25.5 Å². The number of hydrogen-bond donors (Lipinski definition) is 3. The van der Waals surface area contributed by atoms with Gasteiger partial charge < -0.3 is 19.5 Å². The molecule has 6 rings (SSSR count). The number of barbiturate groups is 1. The molecule has 1 unspecified atom stereocenters. The van der Waals surface area contributed by atoms with Crippen LogP contribution >= 0.6 is 11.8 Å². The highest BCUT2D eigenvalue weighted by Gasteiger charge is 2.63. The van der Waals surface area contributed by atoms with Crippen LogP contribution in [-0.2, 0) is 25.5 Å². The Bertz CT molecular complexity index is 1440. The molecular formula is C24H25FN6O7S. The molecule has 15 heteroatoms. The number of carbonyl (C=O) groups is 5. The van der Waals surface area contributed by atoms with Gasteiger partial charge in [-0.25, -0.2) is 9.18 Å². The van der Waals surface area contributed by atoms with E-state index < -0.39 is 41.2 Å². The van der Waals surface area contributed by atoms with E-state index in [0.29, 0.717) is 5.56 Å². The van der Waals surface area contributed by atoms with E-state index in [2.05, 4.69) is 21.1 Å². The number of morpholine rings is 1. The molecule has 4 atom stereocenters. The van der Waals surface area contributed by atoms with Crippen molar-refractivity contribution in [1.82, 2.24) is 21.1 Å². The molecule has 39 heavy (non-hydrogen) atoms. The smallest absolute Gasteiger partial charge is 0.328 e. The Labute approximate surface area is 225 Å². The highest BCUT2D eigenvalue weighted by molar-refractivity contribution is 8.14. The number of urea groups is 1. The minimum Gasteiger partial charge on any atom is -0.372 e. The summed E-state index contributed by atoms with van der Waals surface area (Å²) in [5.74, 6) is -2.44. The number of nitrogens with zero attached hydrogens (tertiary/aromatic N) is 3. The number of nitrogens with one attached hydrogen (secondary N) is 3. The first kappa shape index (κ1) is 25.6. The van der Waals surface area contributed by atoms with Crippen molar-refractivity contribution in [3.63, 3.8) is 0 Å². The molecule has 206 valence electrons. The largest absolute Gasteiger partial charge is 0.372 e. The van der Waals surface area contributed by atoms with E-state index in [4.69, 9.17) is 9.26 Å². The summed E-state index contributed by atoms with van der Waals surface area (Å²) >= 11 is 1.03. The fraction of sp³-hybridized carbons (Fsp3) is 0.500. The topological polar surface area (TPSA) is 163 Å². The van der Waals surface area contributed by atoms with Crippen LogP contribution in [-0.4, -0.2) is 77.3 Å². The fourth-order valence-corrected chi connectivity index (χ4v) is 7.15. The number of ether oxygens (including phenoxy) is 1. The molecule has 3 saturated heterocycles. The lowest BCUT2D eigenvalue weighted by atomic mass is 9.66. The van der Waals surface area contributed by atoms with Gasteiger partial charge in [0, 0.05) is 38.2 Å². The van der Waals surface area contributed by atoms with Gasteiger partial charge in [-0.2, -0.15) is 0 Å². The summed E-state index contributed by atoms with van der Waals surface area (Å²) in [4.78, 5) is 65.7. The normalized spacial score (nSPS) is 27.9. The van der Waals surface area contributed by atoms with E-state index in [0.717, 1.165) is 11.8 Å². The molecule has 6 amide bonds. The van der Waals surface area contributed by atoms with Gasteiger partial charge in [0.2, 0.25) is 23.3 Å². The molecule has 5 heterocycles. The zero-order chi connectivity index (χ0) is 27.8. The van der Waals surface area contributed by atoms with Crippen molar-refractivity contribution in [2.45, 2.75) is 50.7 Å². The molecule has 2 aromatic rings. The molecule has 0 bridgehead atoms. The lowest BCUT2D eigenvalue weighted by Gasteiger charge is -2.55. The predicted octanol–water partition coefficient (Wildman–Crippen LogP) is 1.04. The molecule has 3 N–H and O–H groups in total. The molecule has 0 aliphatic carbocycles. The number of thioether (sulfide) groups is 1. The number of rotatable bonds is 3. The average Bonchev–Trinajstić information content (AvgIpc) is 3.43. The van der Waals surface area contributed by atoms with Crippen molar-refractivity contribution in [1.29, 1.82) is 0 Å². The summed E-state index contributed by atoms with van der Waals surface area (Å²) in [5, 5.41) is 10.7. The third kappa shape index (κ3) is 3.77. The third-order valence-corrected chi connectivity index (χ3v) is 8.73. The second kappa shape index (κ2) is 8.91. The highest BCUT2D eigenvalue weighted by atomic mass is 32.2. The van der Waals surface area contributed by atoms with Crippen LogP contribution in [0, 0.1) is 11.2 Å². The Kier molecular flexibility index (Phi) is 5.84. The van der Waals surface area contributed by atoms with Crippen molar-refractivity contribution in [3.05, 3.63) is 17.4 Å². The van der Waals surface area contributed by atoms with Crippen molar-refractivity contribution < 1.29 is 37.6 Å². The van der Waals surface area contributed by atoms with Crippen LogP contribution in [0.5, 0.6) is 0 Å². The standard InChI is InChI=1S/C24H25FN6O7S/c1-9-7-30-16-12(5-24(18(30)10(2)37-9)20(33)27-22(35)28-21(24)34)4-14-17(15(16)25)38-29-19(14)31-8-13(39-23(31)36)6-26-11(3)32/h4,9-10,13,18H,5-8H2,1-3H3,(H,26,32)(H2,27,28,33,34,35)/t9-,10+,13+,18?/m1/s1. The quantitative estimate of drug-likeness (QED) is 0.462. The summed E-state index contributed by atoms with van der Waals surface area (Å²) in [6, 6.07) is -0.249. The van der Waals surface area contributed by atoms with Gasteiger partial charge in [0.1, 0.15) is 0 Å². The molecule has 1 aromatic heterocycles. The summed E-state index contributed by atoms with van der Waals surface area (Å²) < 4.78 is 27.6. The number of imide groups is 2. The molecule has 13 nitrogen and oxygen atoms in total. The Balaban J connectivity index is 1.47. The average molecular weight is 561 g/mol. The first-order valence-corrected chi connectivity index (χ1v) is 13.3. The summed E-state index contributed by atoms with van der Waals surface area (Å²) in [6.07, 6.45) is -1.23. The zero-order valence-electron chi connectivity index (χ0n) is 21.2. The number of halogens is 1. The third-order valence-electron chi connectivity index (χ3n) is 7.65. The molecular weight excluding hydrogens is 535 g/mol. The maximum atomic E-state index is 16.2. The lowest BCUT2D eigenvalue weighted by molar-refractivity contribution is -0.153. The molecule has 3 fully saturated rings. The number of hydrogen-bond acceptors (Lipinski definition) is 10. The molecule has 0 saturated carbocycles. The molecule has 1 spiro atoms. The summed E-state index contributed by atoms with van der Waals surface area (Å²) in [5.41, 5.74) is -1.46. The number of fused-ring (bicyclic) bond motifs is 5. The minimum absolute atomic E-state index is 0.0992. The second-order valence-electron chi connectivity index (χ2n) is 10.3. The van der Waals surface area contributed by atoms with E-state index >= 15 is 4.39 Å². The van der Waals surface area contributed by atoms with Crippen molar-refractivity contribution in [2.24, 2.45) is 5.41 Å².